The summed E-state index contributed by atoms with van der Waals surface area (Å²) in [6.07, 6.45) is 0. The molecule has 1 aromatic carbocycles. The quantitative estimate of drug-likeness (QED) is 0.503. The van der Waals surface area contributed by atoms with Gasteiger partial charge in [-0.25, -0.2) is 13.2 Å². The largest absolute Gasteiger partial charge is 0.478 e. The molecule has 0 aliphatic carbocycles. The summed E-state index contributed by atoms with van der Waals surface area (Å²) in [4.78, 5) is 22.1. The molecule has 0 aliphatic rings. The molecular weight excluding hydrogens is 300 g/mol. The van der Waals surface area contributed by atoms with E-state index < -0.39 is 38.5 Å². The van der Waals surface area contributed by atoms with Gasteiger partial charge in [0.15, 0.2) is 0 Å². The molecule has 0 amide bonds. The lowest BCUT2D eigenvalue weighted by atomic mass is 10.2. The predicted molar refractivity (Wildman–Crippen MR) is 74.2 cm³/mol. The van der Waals surface area contributed by atoms with Crippen molar-refractivity contribution in [1.29, 1.82) is 0 Å². The van der Waals surface area contributed by atoms with Crippen molar-refractivity contribution in [2.75, 3.05) is 12.3 Å². The molecule has 0 saturated heterocycles. The van der Waals surface area contributed by atoms with E-state index >= 15 is 0 Å². The normalized spacial score (nSPS) is 12.7. The van der Waals surface area contributed by atoms with E-state index in [1.165, 1.54) is 13.0 Å². The highest BCUT2D eigenvalue weighted by Gasteiger charge is 2.27. The highest BCUT2D eigenvalue weighted by Crippen LogP contribution is 2.19. The first kappa shape index (κ1) is 16.9. The number of carboxylic acids is 1. The first-order valence-corrected chi connectivity index (χ1v) is 7.49. The van der Waals surface area contributed by atoms with Crippen LogP contribution < -0.4 is 10.5 Å². The number of sulfonamides is 1. The van der Waals surface area contributed by atoms with Crippen LogP contribution in [0.25, 0.3) is 0 Å². The van der Waals surface area contributed by atoms with E-state index in [9.17, 15) is 18.0 Å². The number of hydrogen-bond acceptors (Lipinski definition) is 6. The summed E-state index contributed by atoms with van der Waals surface area (Å²) in [6, 6.07) is 2.22. The summed E-state index contributed by atoms with van der Waals surface area (Å²) in [6.45, 7) is 2.99. The van der Waals surface area contributed by atoms with Gasteiger partial charge in [0.1, 0.15) is 6.04 Å². The highest BCUT2D eigenvalue weighted by atomic mass is 32.2. The van der Waals surface area contributed by atoms with Gasteiger partial charge in [0.05, 0.1) is 17.1 Å². The van der Waals surface area contributed by atoms with E-state index in [4.69, 9.17) is 10.8 Å². The number of aromatic carboxylic acids is 1. The average Bonchev–Trinajstić information content (AvgIpc) is 2.37. The van der Waals surface area contributed by atoms with Crippen molar-refractivity contribution in [3.05, 3.63) is 23.8 Å². The highest BCUT2D eigenvalue weighted by molar-refractivity contribution is 7.89. The van der Waals surface area contributed by atoms with E-state index in [-0.39, 0.29) is 12.3 Å². The number of esters is 1. The molecule has 0 spiro atoms. The minimum absolute atomic E-state index is 0.104. The Labute approximate surface area is 122 Å². The number of nitrogen functional groups attached to an aromatic ring is 1. The van der Waals surface area contributed by atoms with Crippen LogP contribution in [0.15, 0.2) is 23.1 Å². The molecule has 21 heavy (non-hydrogen) atoms. The Hall–Kier alpha value is -2.13. The molecule has 9 heteroatoms. The van der Waals surface area contributed by atoms with Crippen molar-refractivity contribution < 1.29 is 27.9 Å². The number of carbonyl (C=O) groups is 2. The second-order valence-electron chi connectivity index (χ2n) is 4.16. The number of ether oxygens (including phenoxy) is 1. The number of benzene rings is 1. The van der Waals surface area contributed by atoms with Gasteiger partial charge in [0.25, 0.3) is 0 Å². The fraction of sp³-hybridized carbons (Fsp3) is 0.333. The van der Waals surface area contributed by atoms with Crippen LogP contribution in [0, 0.1) is 0 Å². The summed E-state index contributed by atoms with van der Waals surface area (Å²) in [7, 11) is -4.20. The topological polar surface area (TPSA) is 136 Å². The van der Waals surface area contributed by atoms with Crippen molar-refractivity contribution in [3.8, 4) is 0 Å². The third-order valence-corrected chi connectivity index (χ3v) is 4.09. The fourth-order valence-corrected chi connectivity index (χ4v) is 2.93. The Morgan fingerprint density at radius 1 is 1.43 bits per heavy atom. The smallest absolute Gasteiger partial charge is 0.337 e. The van der Waals surface area contributed by atoms with Crippen molar-refractivity contribution in [1.82, 2.24) is 4.72 Å². The monoisotopic (exact) mass is 316 g/mol. The molecule has 0 fully saturated rings. The molecule has 0 aliphatic heterocycles. The van der Waals surface area contributed by atoms with Gasteiger partial charge in [0.2, 0.25) is 10.0 Å². The molecule has 1 rings (SSSR count). The minimum atomic E-state index is -4.20. The number of carboxylic acid groups (broad SMARTS) is 1. The van der Waals surface area contributed by atoms with Gasteiger partial charge < -0.3 is 15.6 Å². The number of hydrogen-bond donors (Lipinski definition) is 3. The molecule has 0 radical (unpaired) electrons. The van der Waals surface area contributed by atoms with Crippen molar-refractivity contribution in [2.24, 2.45) is 0 Å². The first-order chi connectivity index (χ1) is 9.69. The Balaban J connectivity index is 3.14. The number of nitrogens with one attached hydrogen (secondary N) is 1. The minimum Gasteiger partial charge on any atom is -0.478 e. The Kier molecular flexibility index (Phi) is 5.28. The van der Waals surface area contributed by atoms with Crippen LogP contribution >= 0.6 is 0 Å². The second-order valence-corrected chi connectivity index (χ2v) is 5.84. The lowest BCUT2D eigenvalue weighted by Gasteiger charge is -2.14. The third kappa shape index (κ3) is 4.17. The molecule has 0 saturated carbocycles. The standard InChI is InChI=1S/C12H16N2O6S/c1-3-20-12(17)7(2)14-21(18,19)10-5-4-8(13)6-9(10)11(15)16/h4-7,14H,3,13H2,1-2H3,(H,15,16). The zero-order valence-electron chi connectivity index (χ0n) is 11.5. The summed E-state index contributed by atoms with van der Waals surface area (Å²) in [5.74, 6) is -2.19. The van der Waals surface area contributed by atoms with Gasteiger partial charge in [0, 0.05) is 5.69 Å². The molecular formula is C12H16N2O6S. The maximum Gasteiger partial charge on any atom is 0.337 e. The lowest BCUT2D eigenvalue weighted by molar-refractivity contribution is -0.144. The zero-order valence-corrected chi connectivity index (χ0v) is 12.3. The molecule has 0 aromatic heterocycles. The molecule has 1 atom stereocenters. The second kappa shape index (κ2) is 6.55. The number of nitrogens with two attached hydrogens (primary N) is 1. The van der Waals surface area contributed by atoms with E-state index in [1.807, 2.05) is 0 Å². The number of anilines is 1. The van der Waals surface area contributed by atoms with E-state index in [1.54, 1.807) is 6.92 Å². The number of carbonyl (C=O) groups excluding carboxylic acids is 1. The van der Waals surface area contributed by atoms with Gasteiger partial charge in [-0.2, -0.15) is 4.72 Å². The van der Waals surface area contributed by atoms with Crippen LogP contribution in [0.1, 0.15) is 24.2 Å². The van der Waals surface area contributed by atoms with Crippen LogP contribution in [0.3, 0.4) is 0 Å². The zero-order chi connectivity index (χ0) is 16.2. The first-order valence-electron chi connectivity index (χ1n) is 6.00. The van der Waals surface area contributed by atoms with Crippen molar-refractivity contribution in [3.63, 3.8) is 0 Å². The predicted octanol–water partition coefficient (Wildman–Crippen LogP) is 0.197. The molecule has 0 heterocycles. The molecule has 0 bridgehead atoms. The lowest BCUT2D eigenvalue weighted by Crippen LogP contribution is -2.40. The van der Waals surface area contributed by atoms with Crippen LogP contribution in [-0.2, 0) is 19.6 Å². The summed E-state index contributed by atoms with van der Waals surface area (Å²) in [5, 5.41) is 9.04. The summed E-state index contributed by atoms with van der Waals surface area (Å²) in [5.41, 5.74) is 5.09. The van der Waals surface area contributed by atoms with Crippen LogP contribution in [0.4, 0.5) is 5.69 Å². The summed E-state index contributed by atoms with van der Waals surface area (Å²) >= 11 is 0. The van der Waals surface area contributed by atoms with Gasteiger partial charge in [-0.1, -0.05) is 0 Å². The van der Waals surface area contributed by atoms with Gasteiger partial charge in [-0.3, -0.25) is 4.79 Å². The van der Waals surface area contributed by atoms with Crippen molar-refractivity contribution >= 4 is 27.6 Å². The van der Waals surface area contributed by atoms with Gasteiger partial charge in [-0.15, -0.1) is 0 Å². The molecule has 4 N–H and O–H groups in total. The third-order valence-electron chi connectivity index (χ3n) is 2.50. The Morgan fingerprint density at radius 3 is 2.57 bits per heavy atom. The SMILES string of the molecule is CCOC(=O)C(C)NS(=O)(=O)c1ccc(N)cc1C(=O)O. The van der Waals surface area contributed by atoms with Crippen LogP contribution in [-0.4, -0.2) is 38.1 Å². The molecule has 1 unspecified atom stereocenters. The molecule has 116 valence electrons. The van der Waals surface area contributed by atoms with Crippen LogP contribution in [0.2, 0.25) is 0 Å². The van der Waals surface area contributed by atoms with Gasteiger partial charge >= 0.3 is 11.9 Å². The summed E-state index contributed by atoms with van der Waals surface area (Å²) < 4.78 is 31.1. The average molecular weight is 316 g/mol. The molecule has 8 nitrogen and oxygen atoms in total. The van der Waals surface area contributed by atoms with E-state index in [0.29, 0.717) is 0 Å². The Morgan fingerprint density at radius 2 is 2.05 bits per heavy atom. The van der Waals surface area contributed by atoms with Crippen LogP contribution in [0.5, 0.6) is 0 Å². The number of rotatable bonds is 6. The van der Waals surface area contributed by atoms with E-state index in [2.05, 4.69) is 9.46 Å². The fourth-order valence-electron chi connectivity index (χ4n) is 1.56. The van der Waals surface area contributed by atoms with Gasteiger partial charge in [-0.05, 0) is 32.0 Å². The molecule has 1 aromatic rings. The maximum atomic E-state index is 12.2. The van der Waals surface area contributed by atoms with Crippen molar-refractivity contribution in [2.45, 2.75) is 24.8 Å². The maximum absolute atomic E-state index is 12.2. The Bertz CT molecular complexity index is 656. The van der Waals surface area contributed by atoms with E-state index in [0.717, 1.165) is 12.1 Å².